The lowest BCUT2D eigenvalue weighted by molar-refractivity contribution is 0.0263. The Morgan fingerprint density at radius 1 is 1.13 bits per heavy atom. The molecule has 1 saturated heterocycles. The summed E-state index contributed by atoms with van der Waals surface area (Å²) >= 11 is 0. The second kappa shape index (κ2) is 12.7. The van der Waals surface area contributed by atoms with Crippen LogP contribution >= 0.6 is 24.0 Å². The predicted octanol–water partition coefficient (Wildman–Crippen LogP) is 4.60. The SMILES string of the molecule is CCOC1CCN(C(=NC)NCc2ccc(OCc3cccc(F)c3)cc2)CC1.I. The summed E-state index contributed by atoms with van der Waals surface area (Å²) in [5.41, 5.74) is 1.96. The molecule has 3 rings (SSSR count). The molecule has 7 heteroatoms. The molecule has 1 aliphatic rings. The van der Waals surface area contributed by atoms with Crippen molar-refractivity contribution in [2.24, 2.45) is 4.99 Å². The number of benzene rings is 2. The highest BCUT2D eigenvalue weighted by atomic mass is 127. The van der Waals surface area contributed by atoms with E-state index in [1.165, 1.54) is 12.1 Å². The number of piperidine rings is 1. The highest BCUT2D eigenvalue weighted by Gasteiger charge is 2.21. The number of ether oxygens (including phenoxy) is 2. The van der Waals surface area contributed by atoms with Gasteiger partial charge in [0.1, 0.15) is 18.2 Å². The molecule has 0 bridgehead atoms. The number of nitrogens with zero attached hydrogens (tertiary/aromatic N) is 2. The van der Waals surface area contributed by atoms with Crippen molar-refractivity contribution in [2.75, 3.05) is 26.7 Å². The first-order valence-corrected chi connectivity index (χ1v) is 10.2. The lowest BCUT2D eigenvalue weighted by Crippen LogP contribution is -2.46. The summed E-state index contributed by atoms with van der Waals surface area (Å²) in [4.78, 5) is 6.70. The van der Waals surface area contributed by atoms with Crippen molar-refractivity contribution in [1.82, 2.24) is 10.2 Å². The minimum absolute atomic E-state index is 0. The van der Waals surface area contributed by atoms with Crippen LogP contribution in [-0.2, 0) is 17.9 Å². The fourth-order valence-electron chi connectivity index (χ4n) is 3.48. The monoisotopic (exact) mass is 527 g/mol. The van der Waals surface area contributed by atoms with E-state index in [1.807, 2.05) is 44.3 Å². The fraction of sp³-hybridized carbons (Fsp3) is 0.435. The van der Waals surface area contributed by atoms with E-state index in [4.69, 9.17) is 9.47 Å². The first-order valence-electron chi connectivity index (χ1n) is 10.2. The molecule has 0 spiro atoms. The predicted molar refractivity (Wildman–Crippen MR) is 129 cm³/mol. The molecule has 0 aliphatic carbocycles. The second-order valence-corrected chi connectivity index (χ2v) is 7.11. The molecule has 0 amide bonds. The van der Waals surface area contributed by atoms with Gasteiger partial charge in [-0.15, -0.1) is 24.0 Å². The van der Waals surface area contributed by atoms with Gasteiger partial charge in [0.15, 0.2) is 5.96 Å². The molecule has 0 aromatic heterocycles. The number of hydrogen-bond acceptors (Lipinski definition) is 3. The average molecular weight is 527 g/mol. The third-order valence-corrected chi connectivity index (χ3v) is 5.02. The molecular weight excluding hydrogens is 496 g/mol. The van der Waals surface area contributed by atoms with E-state index < -0.39 is 0 Å². The van der Waals surface area contributed by atoms with Crippen LogP contribution < -0.4 is 10.1 Å². The van der Waals surface area contributed by atoms with Crippen molar-refractivity contribution in [2.45, 2.75) is 39.0 Å². The molecular formula is C23H31FIN3O2. The molecule has 1 aliphatic heterocycles. The van der Waals surface area contributed by atoms with Crippen LogP contribution in [0.4, 0.5) is 4.39 Å². The smallest absolute Gasteiger partial charge is 0.193 e. The van der Waals surface area contributed by atoms with Gasteiger partial charge in [-0.25, -0.2) is 4.39 Å². The molecule has 0 atom stereocenters. The summed E-state index contributed by atoms with van der Waals surface area (Å²) in [6.07, 6.45) is 2.44. The summed E-state index contributed by atoms with van der Waals surface area (Å²) < 4.78 is 24.7. The maximum Gasteiger partial charge on any atom is 0.193 e. The summed E-state index contributed by atoms with van der Waals surface area (Å²) in [5.74, 6) is 1.44. The Bertz CT molecular complexity index is 793. The maximum atomic E-state index is 13.2. The van der Waals surface area contributed by atoms with Crippen molar-refractivity contribution in [3.05, 3.63) is 65.5 Å². The zero-order valence-corrected chi connectivity index (χ0v) is 20.0. The van der Waals surface area contributed by atoms with Crippen molar-refractivity contribution < 1.29 is 13.9 Å². The summed E-state index contributed by atoms with van der Waals surface area (Å²) in [6.45, 7) is 5.78. The molecule has 0 radical (unpaired) electrons. The van der Waals surface area contributed by atoms with Gasteiger partial charge in [0, 0.05) is 33.3 Å². The van der Waals surface area contributed by atoms with Gasteiger partial charge in [-0.3, -0.25) is 4.99 Å². The second-order valence-electron chi connectivity index (χ2n) is 7.11. The van der Waals surface area contributed by atoms with Crippen molar-refractivity contribution in [3.8, 4) is 5.75 Å². The first-order chi connectivity index (χ1) is 14.2. The third kappa shape index (κ3) is 7.43. The molecule has 2 aromatic rings. The van der Waals surface area contributed by atoms with Crippen LogP contribution in [0.5, 0.6) is 5.75 Å². The number of hydrogen-bond donors (Lipinski definition) is 1. The minimum atomic E-state index is -0.247. The van der Waals surface area contributed by atoms with Gasteiger partial charge in [0.05, 0.1) is 6.10 Å². The summed E-state index contributed by atoms with van der Waals surface area (Å²) in [7, 11) is 1.82. The maximum absolute atomic E-state index is 13.2. The number of aliphatic imine (C=N–C) groups is 1. The minimum Gasteiger partial charge on any atom is -0.489 e. The van der Waals surface area contributed by atoms with Gasteiger partial charge in [-0.05, 0) is 55.2 Å². The van der Waals surface area contributed by atoms with Crippen LogP contribution in [0.2, 0.25) is 0 Å². The fourth-order valence-corrected chi connectivity index (χ4v) is 3.48. The zero-order chi connectivity index (χ0) is 20.5. The van der Waals surface area contributed by atoms with Crippen LogP contribution in [0.3, 0.4) is 0 Å². The van der Waals surface area contributed by atoms with Crippen LogP contribution in [0, 0.1) is 5.82 Å². The van der Waals surface area contributed by atoms with E-state index in [-0.39, 0.29) is 29.8 Å². The van der Waals surface area contributed by atoms with Crippen molar-refractivity contribution >= 4 is 29.9 Å². The number of guanidine groups is 1. The molecule has 1 fully saturated rings. The largest absolute Gasteiger partial charge is 0.489 e. The van der Waals surface area contributed by atoms with Crippen LogP contribution in [0.25, 0.3) is 0 Å². The van der Waals surface area contributed by atoms with Crippen LogP contribution in [0.1, 0.15) is 30.9 Å². The zero-order valence-electron chi connectivity index (χ0n) is 17.6. The number of likely N-dealkylation sites (tertiary alicyclic amines) is 1. The Balaban J connectivity index is 0.00000320. The lowest BCUT2D eigenvalue weighted by atomic mass is 10.1. The van der Waals surface area contributed by atoms with Crippen molar-refractivity contribution in [3.63, 3.8) is 0 Å². The molecule has 1 heterocycles. The van der Waals surface area contributed by atoms with Gasteiger partial charge < -0.3 is 19.7 Å². The number of halogens is 2. The number of nitrogens with one attached hydrogen (secondary N) is 1. The molecule has 0 unspecified atom stereocenters. The molecule has 0 saturated carbocycles. The van der Waals surface area contributed by atoms with Gasteiger partial charge in [-0.1, -0.05) is 24.3 Å². The van der Waals surface area contributed by atoms with E-state index in [2.05, 4.69) is 15.2 Å². The molecule has 2 aromatic carbocycles. The average Bonchev–Trinajstić information content (AvgIpc) is 2.75. The van der Waals surface area contributed by atoms with E-state index >= 15 is 0 Å². The Morgan fingerprint density at radius 2 is 1.87 bits per heavy atom. The quantitative estimate of drug-likeness (QED) is 0.325. The Hall–Kier alpha value is -1.87. The summed E-state index contributed by atoms with van der Waals surface area (Å²) in [5, 5.41) is 3.44. The third-order valence-electron chi connectivity index (χ3n) is 5.02. The molecule has 164 valence electrons. The van der Waals surface area contributed by atoms with E-state index in [0.29, 0.717) is 19.3 Å². The Kier molecular flexibility index (Phi) is 10.4. The first kappa shape index (κ1) is 24.4. The van der Waals surface area contributed by atoms with E-state index in [0.717, 1.165) is 55.4 Å². The topological polar surface area (TPSA) is 46.1 Å². The Labute approximate surface area is 195 Å². The highest BCUT2D eigenvalue weighted by molar-refractivity contribution is 14.0. The van der Waals surface area contributed by atoms with Gasteiger partial charge in [-0.2, -0.15) is 0 Å². The molecule has 1 N–H and O–H groups in total. The highest BCUT2D eigenvalue weighted by Crippen LogP contribution is 2.16. The van der Waals surface area contributed by atoms with Crippen LogP contribution in [-0.4, -0.2) is 43.7 Å². The molecule has 5 nitrogen and oxygen atoms in total. The normalized spacial score (nSPS) is 14.9. The standard InChI is InChI=1S/C23H30FN3O2.HI/c1-3-28-22-11-13-27(14-12-22)23(25-2)26-16-18-7-9-21(10-8-18)29-17-19-5-4-6-20(24)15-19;/h4-10,15,22H,3,11-14,16-17H2,1-2H3,(H,25,26);1H. The summed E-state index contributed by atoms with van der Waals surface area (Å²) in [6, 6.07) is 14.4. The molecule has 30 heavy (non-hydrogen) atoms. The van der Waals surface area contributed by atoms with Gasteiger partial charge in [0.25, 0.3) is 0 Å². The Morgan fingerprint density at radius 3 is 2.50 bits per heavy atom. The van der Waals surface area contributed by atoms with E-state index in [1.54, 1.807) is 6.07 Å². The number of rotatable bonds is 7. The van der Waals surface area contributed by atoms with Gasteiger partial charge in [0.2, 0.25) is 0 Å². The van der Waals surface area contributed by atoms with E-state index in [9.17, 15) is 4.39 Å². The van der Waals surface area contributed by atoms with Crippen molar-refractivity contribution in [1.29, 1.82) is 0 Å². The van der Waals surface area contributed by atoms with Crippen LogP contribution in [0.15, 0.2) is 53.5 Å². The van der Waals surface area contributed by atoms with Gasteiger partial charge >= 0.3 is 0 Å². The lowest BCUT2D eigenvalue weighted by Gasteiger charge is -2.34.